The zero-order chi connectivity index (χ0) is 10.1. The molecule has 0 fully saturated rings. The average Bonchev–Trinajstić information content (AvgIpc) is 2.43. The lowest BCUT2D eigenvalue weighted by atomic mass is 10.3. The normalized spacial score (nSPS) is 10.4. The summed E-state index contributed by atoms with van der Waals surface area (Å²) in [6, 6.07) is 7.24. The summed E-state index contributed by atoms with van der Waals surface area (Å²) in [6.07, 6.45) is 0. The fraction of sp³-hybridized carbons (Fsp3) is 0.111. The van der Waals surface area contributed by atoms with Gasteiger partial charge in [0.15, 0.2) is 0 Å². The maximum atomic E-state index is 10.8. The Hall–Kier alpha value is -2.04. The molecule has 0 atom stereocenters. The second kappa shape index (κ2) is 3.02. The fourth-order valence-electron chi connectivity index (χ4n) is 1.25. The van der Waals surface area contributed by atoms with E-state index in [0.717, 1.165) is 0 Å². The van der Waals surface area contributed by atoms with Crippen molar-refractivity contribution >= 4 is 23.0 Å². The van der Waals surface area contributed by atoms with Crippen LogP contribution in [0.1, 0.15) is 6.92 Å². The molecular weight excluding hydrogens is 182 g/mol. The van der Waals surface area contributed by atoms with Crippen LogP contribution in [-0.4, -0.2) is 15.7 Å². The van der Waals surface area contributed by atoms with Crippen molar-refractivity contribution in [3.8, 4) is 0 Å². The van der Waals surface area contributed by atoms with E-state index in [2.05, 4.69) is 4.98 Å². The van der Waals surface area contributed by atoms with Crippen LogP contribution in [0.3, 0.4) is 0 Å². The Morgan fingerprint density at radius 1 is 1.50 bits per heavy atom. The van der Waals surface area contributed by atoms with Gasteiger partial charge in [-0.1, -0.05) is 12.1 Å². The number of hydrogen-bond donors (Lipinski definition) is 1. The molecule has 1 aromatic carbocycles. The van der Waals surface area contributed by atoms with Crippen molar-refractivity contribution in [1.82, 2.24) is 9.71 Å². The molecule has 0 amide bonds. The fourth-order valence-corrected chi connectivity index (χ4v) is 1.25. The number of imidazole rings is 1. The number of para-hydroxylation sites is 2. The van der Waals surface area contributed by atoms with Crippen molar-refractivity contribution in [2.24, 2.45) is 0 Å². The maximum Gasteiger partial charge on any atom is 0.330 e. The monoisotopic (exact) mass is 191 g/mol. The first-order valence-electron chi connectivity index (χ1n) is 4.10. The summed E-state index contributed by atoms with van der Waals surface area (Å²) in [7, 11) is 0. The minimum Gasteiger partial charge on any atom is -0.367 e. The van der Waals surface area contributed by atoms with Crippen molar-refractivity contribution in [3.63, 3.8) is 0 Å². The second-order valence-corrected chi connectivity index (χ2v) is 2.84. The van der Waals surface area contributed by atoms with Crippen LogP contribution in [0.2, 0.25) is 0 Å². The van der Waals surface area contributed by atoms with Crippen molar-refractivity contribution in [2.75, 3.05) is 5.73 Å². The van der Waals surface area contributed by atoms with E-state index in [0.29, 0.717) is 11.0 Å². The maximum absolute atomic E-state index is 10.8. The SMILES string of the molecule is CC(=O)On1c(N)nc2ccccc21. The Morgan fingerprint density at radius 3 is 2.93 bits per heavy atom. The Bertz CT molecular complexity index is 490. The van der Waals surface area contributed by atoms with Crippen molar-refractivity contribution < 1.29 is 9.63 Å². The summed E-state index contributed by atoms with van der Waals surface area (Å²) in [5.74, 6) is -0.263. The van der Waals surface area contributed by atoms with E-state index in [1.165, 1.54) is 11.7 Å². The highest BCUT2D eigenvalue weighted by Gasteiger charge is 2.09. The molecule has 0 aliphatic carbocycles. The van der Waals surface area contributed by atoms with Gasteiger partial charge in [0.05, 0.1) is 5.52 Å². The van der Waals surface area contributed by atoms with Gasteiger partial charge in [-0.05, 0) is 12.1 Å². The predicted molar refractivity (Wildman–Crippen MR) is 51.4 cm³/mol. The molecule has 0 aliphatic heterocycles. The smallest absolute Gasteiger partial charge is 0.330 e. The van der Waals surface area contributed by atoms with Gasteiger partial charge in [0, 0.05) is 6.92 Å². The molecule has 0 radical (unpaired) electrons. The van der Waals surface area contributed by atoms with Gasteiger partial charge in [-0.15, -0.1) is 4.73 Å². The van der Waals surface area contributed by atoms with Gasteiger partial charge < -0.3 is 10.6 Å². The quantitative estimate of drug-likeness (QED) is 0.716. The Balaban J connectivity index is 2.62. The van der Waals surface area contributed by atoms with E-state index in [1.54, 1.807) is 12.1 Å². The van der Waals surface area contributed by atoms with Crippen LogP contribution in [0, 0.1) is 0 Å². The molecule has 1 aromatic heterocycles. The molecule has 5 nitrogen and oxygen atoms in total. The van der Waals surface area contributed by atoms with Gasteiger partial charge in [0.1, 0.15) is 5.52 Å². The molecule has 72 valence electrons. The number of carbonyl (C=O) groups is 1. The molecule has 5 heteroatoms. The van der Waals surface area contributed by atoms with E-state index in [9.17, 15) is 4.79 Å². The van der Waals surface area contributed by atoms with Gasteiger partial charge in [0.25, 0.3) is 0 Å². The summed E-state index contributed by atoms with van der Waals surface area (Å²) in [5.41, 5.74) is 6.96. The Labute approximate surface area is 80.1 Å². The van der Waals surface area contributed by atoms with Gasteiger partial charge >= 0.3 is 5.97 Å². The van der Waals surface area contributed by atoms with Crippen molar-refractivity contribution in [1.29, 1.82) is 0 Å². The number of benzene rings is 1. The van der Waals surface area contributed by atoms with E-state index in [1.807, 2.05) is 12.1 Å². The van der Waals surface area contributed by atoms with Gasteiger partial charge in [-0.25, -0.2) is 9.78 Å². The first-order chi connectivity index (χ1) is 6.68. The van der Waals surface area contributed by atoms with Crippen LogP contribution >= 0.6 is 0 Å². The summed E-state index contributed by atoms with van der Waals surface area (Å²) in [6.45, 7) is 1.31. The molecule has 0 bridgehead atoms. The van der Waals surface area contributed by atoms with E-state index in [4.69, 9.17) is 10.6 Å². The summed E-state index contributed by atoms with van der Waals surface area (Å²) >= 11 is 0. The van der Waals surface area contributed by atoms with Gasteiger partial charge in [-0.3, -0.25) is 0 Å². The molecule has 2 rings (SSSR count). The lowest BCUT2D eigenvalue weighted by molar-refractivity contribution is -0.140. The largest absolute Gasteiger partial charge is 0.367 e. The third kappa shape index (κ3) is 1.28. The van der Waals surface area contributed by atoms with Crippen LogP contribution in [0.4, 0.5) is 5.95 Å². The number of nitrogen functional groups attached to an aromatic ring is 1. The summed E-state index contributed by atoms with van der Waals surface area (Å²) < 4.78 is 1.22. The molecule has 0 unspecified atom stereocenters. The number of nitrogens with zero attached hydrogens (tertiary/aromatic N) is 2. The molecule has 0 spiro atoms. The highest BCUT2D eigenvalue weighted by atomic mass is 16.7. The standard InChI is InChI=1S/C9H9N3O2/c1-6(13)14-12-8-5-3-2-4-7(8)11-9(12)10/h2-5H,1H3,(H2,10,11). The minimum absolute atomic E-state index is 0.168. The minimum atomic E-state index is -0.431. The molecule has 0 aliphatic rings. The number of anilines is 1. The molecule has 14 heavy (non-hydrogen) atoms. The Kier molecular flexibility index (Phi) is 1.85. The zero-order valence-electron chi connectivity index (χ0n) is 7.60. The third-order valence-electron chi connectivity index (χ3n) is 1.76. The molecule has 1 heterocycles. The van der Waals surface area contributed by atoms with E-state index < -0.39 is 5.97 Å². The van der Waals surface area contributed by atoms with Crippen LogP contribution in [0.25, 0.3) is 11.0 Å². The lowest BCUT2D eigenvalue weighted by Gasteiger charge is -2.02. The summed E-state index contributed by atoms with van der Waals surface area (Å²) in [4.78, 5) is 19.7. The summed E-state index contributed by atoms with van der Waals surface area (Å²) in [5, 5.41) is 0. The first kappa shape index (κ1) is 8.55. The van der Waals surface area contributed by atoms with Crippen LogP contribution < -0.4 is 10.6 Å². The van der Waals surface area contributed by atoms with E-state index in [-0.39, 0.29) is 5.95 Å². The number of carbonyl (C=O) groups excluding carboxylic acids is 1. The van der Waals surface area contributed by atoms with Gasteiger partial charge in [-0.2, -0.15) is 0 Å². The topological polar surface area (TPSA) is 70.1 Å². The Morgan fingerprint density at radius 2 is 2.21 bits per heavy atom. The molecular formula is C9H9N3O2. The third-order valence-corrected chi connectivity index (χ3v) is 1.76. The van der Waals surface area contributed by atoms with Crippen molar-refractivity contribution in [2.45, 2.75) is 6.92 Å². The average molecular weight is 191 g/mol. The lowest BCUT2D eigenvalue weighted by Crippen LogP contribution is -2.18. The zero-order valence-corrected chi connectivity index (χ0v) is 7.60. The second-order valence-electron chi connectivity index (χ2n) is 2.84. The number of aromatic nitrogens is 2. The van der Waals surface area contributed by atoms with Crippen LogP contribution in [-0.2, 0) is 4.79 Å². The van der Waals surface area contributed by atoms with E-state index >= 15 is 0 Å². The van der Waals surface area contributed by atoms with Crippen LogP contribution in [0.15, 0.2) is 24.3 Å². The first-order valence-corrected chi connectivity index (χ1v) is 4.10. The highest BCUT2D eigenvalue weighted by Crippen LogP contribution is 2.15. The number of fused-ring (bicyclic) bond motifs is 1. The van der Waals surface area contributed by atoms with Gasteiger partial charge in [0.2, 0.25) is 5.95 Å². The van der Waals surface area contributed by atoms with Crippen LogP contribution in [0.5, 0.6) is 0 Å². The molecule has 0 saturated carbocycles. The molecule has 0 saturated heterocycles. The van der Waals surface area contributed by atoms with Crippen molar-refractivity contribution in [3.05, 3.63) is 24.3 Å². The highest BCUT2D eigenvalue weighted by molar-refractivity contribution is 5.79. The number of hydrogen-bond acceptors (Lipinski definition) is 4. The molecule has 2 aromatic rings. The predicted octanol–water partition coefficient (Wildman–Crippen LogP) is 0.594. The number of nitrogens with two attached hydrogens (primary N) is 1. The molecule has 2 N–H and O–H groups in total. The number of rotatable bonds is 1.